The van der Waals surface area contributed by atoms with Gasteiger partial charge in [0.2, 0.25) is 0 Å². The smallest absolute Gasteiger partial charge is 0.0569 e. The second-order valence-corrected chi connectivity index (χ2v) is 3.12. The third-order valence-corrected chi connectivity index (χ3v) is 2.37. The zero-order valence-corrected chi connectivity index (χ0v) is 6.29. The highest BCUT2D eigenvalue weighted by Crippen LogP contribution is 2.26. The molecule has 0 bridgehead atoms. The molecule has 2 atom stereocenters. The summed E-state index contributed by atoms with van der Waals surface area (Å²) >= 11 is 0. The number of aliphatic hydroxyl groups is 2. The molecule has 1 rings (SSSR count). The summed E-state index contributed by atoms with van der Waals surface area (Å²) in [7, 11) is 0. The van der Waals surface area contributed by atoms with Crippen LogP contribution in [0.4, 0.5) is 0 Å². The molecule has 0 amide bonds. The first-order chi connectivity index (χ1) is 4.84. The molecule has 0 heterocycles. The first kappa shape index (κ1) is 8.02. The van der Waals surface area contributed by atoms with Crippen LogP contribution in [0.3, 0.4) is 0 Å². The molecule has 0 saturated heterocycles. The van der Waals surface area contributed by atoms with E-state index in [9.17, 15) is 5.11 Å². The number of hydrogen-bond donors (Lipinski definition) is 2. The van der Waals surface area contributed by atoms with Crippen molar-refractivity contribution < 1.29 is 10.2 Å². The first-order valence-electron chi connectivity index (χ1n) is 4.13. The Morgan fingerprint density at radius 3 is 2.50 bits per heavy atom. The third-order valence-electron chi connectivity index (χ3n) is 2.37. The molecule has 0 spiro atoms. The van der Waals surface area contributed by atoms with Gasteiger partial charge in [-0.05, 0) is 25.2 Å². The van der Waals surface area contributed by atoms with Gasteiger partial charge in [-0.15, -0.1) is 0 Å². The van der Waals surface area contributed by atoms with E-state index in [2.05, 4.69) is 0 Å². The molecule has 1 aliphatic carbocycles. The van der Waals surface area contributed by atoms with Crippen molar-refractivity contribution in [1.82, 2.24) is 0 Å². The van der Waals surface area contributed by atoms with E-state index in [0.717, 1.165) is 25.7 Å². The normalized spacial score (nSPS) is 34.2. The molecule has 0 aromatic heterocycles. The summed E-state index contributed by atoms with van der Waals surface area (Å²) in [5, 5.41) is 18.0. The Morgan fingerprint density at radius 2 is 1.90 bits per heavy atom. The fraction of sp³-hybridized carbons (Fsp3) is 1.00. The first-order valence-corrected chi connectivity index (χ1v) is 4.13. The molecule has 10 heavy (non-hydrogen) atoms. The summed E-state index contributed by atoms with van der Waals surface area (Å²) in [5.74, 6) is 0.374. The largest absolute Gasteiger partial charge is 0.396 e. The minimum atomic E-state index is -0.138. The molecule has 0 unspecified atom stereocenters. The van der Waals surface area contributed by atoms with Crippen LogP contribution < -0.4 is 0 Å². The number of rotatable bonds is 2. The van der Waals surface area contributed by atoms with Crippen molar-refractivity contribution in [3.05, 3.63) is 0 Å². The predicted molar refractivity (Wildman–Crippen MR) is 39.7 cm³/mol. The molecule has 2 nitrogen and oxygen atoms in total. The number of hydrogen-bond acceptors (Lipinski definition) is 2. The van der Waals surface area contributed by atoms with Gasteiger partial charge in [-0.1, -0.05) is 12.8 Å². The maximum atomic E-state index is 9.39. The maximum Gasteiger partial charge on any atom is 0.0569 e. The third kappa shape index (κ3) is 1.96. The van der Waals surface area contributed by atoms with Crippen LogP contribution in [-0.2, 0) is 0 Å². The second-order valence-electron chi connectivity index (χ2n) is 3.12. The average molecular weight is 144 g/mol. The van der Waals surface area contributed by atoms with Crippen molar-refractivity contribution in [2.75, 3.05) is 6.61 Å². The Morgan fingerprint density at radius 1 is 1.20 bits per heavy atom. The fourth-order valence-corrected chi connectivity index (χ4v) is 1.69. The van der Waals surface area contributed by atoms with Gasteiger partial charge in [0.25, 0.3) is 0 Å². The Hall–Kier alpha value is -0.0800. The molecule has 1 saturated carbocycles. The molecular formula is C8H16O2. The van der Waals surface area contributed by atoms with Gasteiger partial charge in [0.15, 0.2) is 0 Å². The van der Waals surface area contributed by atoms with E-state index in [-0.39, 0.29) is 12.7 Å². The van der Waals surface area contributed by atoms with E-state index in [1.165, 1.54) is 6.42 Å². The zero-order valence-electron chi connectivity index (χ0n) is 6.29. The zero-order chi connectivity index (χ0) is 7.40. The summed E-state index contributed by atoms with van der Waals surface area (Å²) in [6.45, 7) is 0.224. The molecule has 0 aromatic rings. The predicted octanol–water partition coefficient (Wildman–Crippen LogP) is 0.920. The highest BCUT2D eigenvalue weighted by atomic mass is 16.3. The lowest BCUT2D eigenvalue weighted by Crippen LogP contribution is -2.25. The van der Waals surface area contributed by atoms with Crippen LogP contribution in [-0.4, -0.2) is 22.9 Å². The van der Waals surface area contributed by atoms with Gasteiger partial charge in [-0.3, -0.25) is 0 Å². The number of aliphatic hydroxyl groups excluding tert-OH is 2. The molecule has 60 valence electrons. The van der Waals surface area contributed by atoms with Gasteiger partial charge in [0, 0.05) is 6.61 Å². The summed E-state index contributed by atoms with van der Waals surface area (Å²) in [5.41, 5.74) is 0. The summed E-state index contributed by atoms with van der Waals surface area (Å²) in [4.78, 5) is 0. The topological polar surface area (TPSA) is 40.5 Å². The lowest BCUT2D eigenvalue weighted by Gasteiger charge is -2.26. The average Bonchev–Trinajstić information content (AvgIpc) is 1.94. The minimum Gasteiger partial charge on any atom is -0.396 e. The Labute approximate surface area is 61.9 Å². The van der Waals surface area contributed by atoms with Crippen molar-refractivity contribution in [3.63, 3.8) is 0 Å². The molecule has 0 aliphatic heterocycles. The van der Waals surface area contributed by atoms with E-state index in [1.807, 2.05) is 0 Å². The minimum absolute atomic E-state index is 0.138. The van der Waals surface area contributed by atoms with Gasteiger partial charge < -0.3 is 10.2 Å². The van der Waals surface area contributed by atoms with Crippen LogP contribution >= 0.6 is 0 Å². The summed E-state index contributed by atoms with van der Waals surface area (Å²) in [6, 6.07) is 0. The lowest BCUT2D eigenvalue weighted by molar-refractivity contribution is 0.0551. The van der Waals surface area contributed by atoms with Gasteiger partial charge in [0.1, 0.15) is 0 Å². The Bertz CT molecular complexity index is 91.3. The van der Waals surface area contributed by atoms with Crippen molar-refractivity contribution in [3.8, 4) is 0 Å². The van der Waals surface area contributed by atoms with Crippen LogP contribution in [0.25, 0.3) is 0 Å². The molecule has 1 fully saturated rings. The van der Waals surface area contributed by atoms with Gasteiger partial charge in [-0.25, -0.2) is 0 Å². The SMILES string of the molecule is OCC[C@H]1CCCC[C@@H]1O. The van der Waals surface area contributed by atoms with Crippen molar-refractivity contribution >= 4 is 0 Å². The van der Waals surface area contributed by atoms with E-state index >= 15 is 0 Å². The maximum absolute atomic E-state index is 9.39. The van der Waals surface area contributed by atoms with Gasteiger partial charge in [-0.2, -0.15) is 0 Å². The molecule has 2 heteroatoms. The van der Waals surface area contributed by atoms with Crippen LogP contribution in [0.5, 0.6) is 0 Å². The van der Waals surface area contributed by atoms with E-state index in [0.29, 0.717) is 5.92 Å². The van der Waals surface area contributed by atoms with Crippen LogP contribution in [0.1, 0.15) is 32.1 Å². The molecule has 0 radical (unpaired) electrons. The second kappa shape index (κ2) is 3.94. The van der Waals surface area contributed by atoms with E-state index < -0.39 is 0 Å². The van der Waals surface area contributed by atoms with Crippen LogP contribution in [0, 0.1) is 5.92 Å². The Kier molecular flexibility index (Phi) is 3.16. The summed E-state index contributed by atoms with van der Waals surface area (Å²) < 4.78 is 0. The molecule has 0 aromatic carbocycles. The van der Waals surface area contributed by atoms with E-state index in [1.54, 1.807) is 0 Å². The monoisotopic (exact) mass is 144 g/mol. The van der Waals surface area contributed by atoms with Crippen LogP contribution in [0.15, 0.2) is 0 Å². The standard InChI is InChI=1S/C8H16O2/c9-6-5-7-3-1-2-4-8(7)10/h7-10H,1-6H2/t7-,8+/m1/s1. The van der Waals surface area contributed by atoms with Crippen LogP contribution in [0.2, 0.25) is 0 Å². The van der Waals surface area contributed by atoms with Crippen molar-refractivity contribution in [1.29, 1.82) is 0 Å². The van der Waals surface area contributed by atoms with Gasteiger partial charge in [0.05, 0.1) is 6.10 Å². The molecule has 1 aliphatic rings. The molecule has 2 N–H and O–H groups in total. The highest BCUT2D eigenvalue weighted by Gasteiger charge is 2.21. The molecular weight excluding hydrogens is 128 g/mol. The lowest BCUT2D eigenvalue weighted by atomic mass is 9.85. The quantitative estimate of drug-likeness (QED) is 0.605. The highest BCUT2D eigenvalue weighted by molar-refractivity contribution is 4.73. The van der Waals surface area contributed by atoms with Gasteiger partial charge >= 0.3 is 0 Å². The Balaban J connectivity index is 2.25. The summed E-state index contributed by atoms with van der Waals surface area (Å²) in [6.07, 6.45) is 5.05. The fourth-order valence-electron chi connectivity index (χ4n) is 1.69. The van der Waals surface area contributed by atoms with Crippen molar-refractivity contribution in [2.45, 2.75) is 38.2 Å². The van der Waals surface area contributed by atoms with E-state index in [4.69, 9.17) is 5.11 Å². The van der Waals surface area contributed by atoms with Crippen molar-refractivity contribution in [2.24, 2.45) is 5.92 Å².